The van der Waals surface area contributed by atoms with Crippen molar-refractivity contribution in [3.05, 3.63) is 47.3 Å². The molecule has 7 heteroatoms. The topological polar surface area (TPSA) is 59.8 Å². The largest absolute Gasteiger partial charge is 0.350 e. The molecule has 0 atom stereocenters. The first-order chi connectivity index (χ1) is 11.0. The van der Waals surface area contributed by atoms with Gasteiger partial charge in [-0.1, -0.05) is 12.8 Å². The van der Waals surface area contributed by atoms with Gasteiger partial charge in [-0.25, -0.2) is 8.78 Å². The fourth-order valence-corrected chi connectivity index (χ4v) is 3.26. The summed E-state index contributed by atoms with van der Waals surface area (Å²) in [6.45, 7) is 0.242. The van der Waals surface area contributed by atoms with Crippen molar-refractivity contribution < 1.29 is 13.6 Å². The minimum atomic E-state index is -0.870. The Kier molecular flexibility index (Phi) is 4.11. The summed E-state index contributed by atoms with van der Waals surface area (Å²) in [6, 6.07) is 3.34. The van der Waals surface area contributed by atoms with Crippen LogP contribution in [0, 0.1) is 11.6 Å². The lowest BCUT2D eigenvalue weighted by molar-refractivity contribution is -0.126. The summed E-state index contributed by atoms with van der Waals surface area (Å²) < 4.78 is 27.2. The maximum atomic E-state index is 13.6. The molecule has 1 heterocycles. The van der Waals surface area contributed by atoms with Gasteiger partial charge in [-0.15, -0.1) is 0 Å². The number of carbonyl (C=O) groups excluding carboxylic acids is 1. The molecule has 3 rings (SSSR count). The fourth-order valence-electron chi connectivity index (χ4n) is 3.26. The second-order valence-electron chi connectivity index (χ2n) is 5.96. The van der Waals surface area contributed by atoms with Crippen molar-refractivity contribution in [3.8, 4) is 0 Å². The van der Waals surface area contributed by atoms with E-state index in [9.17, 15) is 13.6 Å². The van der Waals surface area contributed by atoms with Crippen LogP contribution in [0.2, 0.25) is 0 Å². The molecule has 23 heavy (non-hydrogen) atoms. The van der Waals surface area contributed by atoms with E-state index in [-0.39, 0.29) is 12.5 Å². The first-order valence-corrected chi connectivity index (χ1v) is 7.60. The van der Waals surface area contributed by atoms with Crippen LogP contribution < -0.4 is 5.32 Å². The van der Waals surface area contributed by atoms with Crippen LogP contribution >= 0.6 is 0 Å². The van der Waals surface area contributed by atoms with Gasteiger partial charge in [0.05, 0.1) is 18.2 Å². The van der Waals surface area contributed by atoms with Crippen molar-refractivity contribution in [2.45, 2.75) is 37.6 Å². The third-order valence-corrected chi connectivity index (χ3v) is 4.38. The number of hydrogen-bond acceptors (Lipinski definition) is 3. The summed E-state index contributed by atoms with van der Waals surface area (Å²) in [5, 5.41) is 10.9. The Balaban J connectivity index is 1.83. The minimum Gasteiger partial charge on any atom is -0.350 e. The first-order valence-electron chi connectivity index (χ1n) is 7.60. The van der Waals surface area contributed by atoms with Crippen LogP contribution in [0.3, 0.4) is 0 Å². The molecule has 1 N–H and O–H groups in total. The third kappa shape index (κ3) is 3.09. The predicted octanol–water partition coefficient (Wildman–Crippen LogP) is 2.22. The van der Waals surface area contributed by atoms with Gasteiger partial charge in [0.15, 0.2) is 0 Å². The summed E-state index contributed by atoms with van der Waals surface area (Å²) in [6.07, 6.45) is 4.46. The highest BCUT2D eigenvalue weighted by Gasteiger charge is 2.43. The average Bonchev–Trinajstić information content (AvgIpc) is 3.13. The Hall–Kier alpha value is -2.31. The average molecular weight is 320 g/mol. The Bertz CT molecular complexity index is 702. The normalized spacial score (nSPS) is 16.5. The Morgan fingerprint density at radius 2 is 1.91 bits per heavy atom. The molecular formula is C16H18F2N4O. The van der Waals surface area contributed by atoms with Crippen LogP contribution in [0.4, 0.5) is 8.78 Å². The number of hydrogen-bond donors (Lipinski definition) is 1. The zero-order valence-corrected chi connectivity index (χ0v) is 12.9. The van der Waals surface area contributed by atoms with Crippen molar-refractivity contribution in [1.82, 2.24) is 20.3 Å². The maximum Gasteiger partial charge on any atom is 0.230 e. The molecule has 1 saturated carbocycles. The highest BCUT2D eigenvalue weighted by Crippen LogP contribution is 2.41. The predicted molar refractivity (Wildman–Crippen MR) is 79.4 cm³/mol. The highest BCUT2D eigenvalue weighted by atomic mass is 19.1. The lowest BCUT2D eigenvalue weighted by Gasteiger charge is -2.28. The van der Waals surface area contributed by atoms with Crippen molar-refractivity contribution >= 4 is 5.91 Å². The Labute approximate surface area is 132 Å². The number of benzene rings is 1. The Morgan fingerprint density at radius 3 is 2.48 bits per heavy atom. The minimum absolute atomic E-state index is 0.217. The van der Waals surface area contributed by atoms with Gasteiger partial charge in [-0.2, -0.15) is 15.0 Å². The quantitative estimate of drug-likeness (QED) is 0.940. The highest BCUT2D eigenvalue weighted by molar-refractivity contribution is 5.88. The molecule has 0 radical (unpaired) electrons. The van der Waals surface area contributed by atoms with Crippen LogP contribution in [0.15, 0.2) is 24.4 Å². The Morgan fingerprint density at radius 1 is 1.26 bits per heavy atom. The molecule has 5 nitrogen and oxygen atoms in total. The number of halogens is 2. The van der Waals surface area contributed by atoms with Crippen LogP contribution in [-0.4, -0.2) is 20.9 Å². The van der Waals surface area contributed by atoms with E-state index in [1.165, 1.54) is 16.9 Å². The van der Waals surface area contributed by atoms with E-state index in [0.29, 0.717) is 24.1 Å². The van der Waals surface area contributed by atoms with Crippen molar-refractivity contribution in [3.63, 3.8) is 0 Å². The SMILES string of the molecule is Cn1ncc(CNC(=O)C2(c3cc(F)cc(F)c3)CCCC2)n1. The summed E-state index contributed by atoms with van der Waals surface area (Å²) >= 11 is 0. The van der Waals surface area contributed by atoms with Crippen molar-refractivity contribution in [2.75, 3.05) is 0 Å². The molecule has 1 aromatic carbocycles. The monoisotopic (exact) mass is 320 g/mol. The summed E-state index contributed by atoms with van der Waals surface area (Å²) in [5.41, 5.74) is 0.175. The van der Waals surface area contributed by atoms with Crippen LogP contribution in [0.25, 0.3) is 0 Å². The second kappa shape index (κ2) is 6.06. The zero-order chi connectivity index (χ0) is 16.4. The molecule has 122 valence electrons. The van der Waals surface area contributed by atoms with E-state index in [4.69, 9.17) is 0 Å². The number of nitrogens with zero attached hydrogens (tertiary/aromatic N) is 3. The van der Waals surface area contributed by atoms with Crippen LogP contribution in [0.1, 0.15) is 36.9 Å². The number of carbonyl (C=O) groups is 1. The van der Waals surface area contributed by atoms with Gasteiger partial charge < -0.3 is 5.32 Å². The van der Waals surface area contributed by atoms with E-state index >= 15 is 0 Å². The number of aromatic nitrogens is 3. The molecule has 0 spiro atoms. The number of rotatable bonds is 4. The van der Waals surface area contributed by atoms with Gasteiger partial charge >= 0.3 is 0 Å². The smallest absolute Gasteiger partial charge is 0.230 e. The van der Waals surface area contributed by atoms with E-state index in [2.05, 4.69) is 15.5 Å². The van der Waals surface area contributed by atoms with Crippen LogP contribution in [0.5, 0.6) is 0 Å². The van der Waals surface area contributed by atoms with Crippen molar-refractivity contribution in [1.29, 1.82) is 0 Å². The lowest BCUT2D eigenvalue weighted by Crippen LogP contribution is -2.42. The molecule has 0 unspecified atom stereocenters. The second-order valence-corrected chi connectivity index (χ2v) is 5.96. The molecule has 0 saturated heterocycles. The molecule has 0 aliphatic heterocycles. The van der Waals surface area contributed by atoms with Crippen molar-refractivity contribution in [2.24, 2.45) is 7.05 Å². The van der Waals surface area contributed by atoms with Crippen LogP contribution in [-0.2, 0) is 23.8 Å². The van der Waals surface area contributed by atoms with E-state index in [1.807, 2.05) is 0 Å². The number of aryl methyl sites for hydroxylation is 1. The summed E-state index contributed by atoms with van der Waals surface area (Å²) in [7, 11) is 1.69. The standard InChI is InChI=1S/C16H18F2N4O/c1-22-20-10-14(21-22)9-19-15(23)16(4-2-3-5-16)11-6-12(17)8-13(18)7-11/h6-8,10H,2-5,9H2,1H3,(H,19,23). The van der Waals surface area contributed by atoms with E-state index in [0.717, 1.165) is 18.9 Å². The van der Waals surface area contributed by atoms with Gasteiger partial charge in [-0.3, -0.25) is 4.79 Å². The molecule has 1 aliphatic rings. The number of nitrogens with one attached hydrogen (secondary N) is 1. The molecule has 0 bridgehead atoms. The first kappa shape index (κ1) is 15.6. The van der Waals surface area contributed by atoms with E-state index < -0.39 is 17.0 Å². The molecule has 1 aromatic heterocycles. The molecule has 1 amide bonds. The number of amides is 1. The summed E-state index contributed by atoms with van der Waals surface area (Å²) in [4.78, 5) is 14.2. The van der Waals surface area contributed by atoms with Gasteiger partial charge in [0.2, 0.25) is 5.91 Å². The molecule has 1 aliphatic carbocycles. The van der Waals surface area contributed by atoms with Gasteiger partial charge in [-0.05, 0) is 30.5 Å². The van der Waals surface area contributed by atoms with Gasteiger partial charge in [0.25, 0.3) is 0 Å². The molecule has 2 aromatic rings. The zero-order valence-electron chi connectivity index (χ0n) is 12.9. The van der Waals surface area contributed by atoms with Gasteiger partial charge in [0, 0.05) is 13.1 Å². The molecule has 1 fully saturated rings. The third-order valence-electron chi connectivity index (χ3n) is 4.38. The lowest BCUT2D eigenvalue weighted by atomic mass is 9.78. The van der Waals surface area contributed by atoms with E-state index in [1.54, 1.807) is 13.2 Å². The maximum absolute atomic E-state index is 13.6. The summed E-state index contributed by atoms with van der Waals surface area (Å²) in [5.74, 6) is -1.54. The fraction of sp³-hybridized carbons (Fsp3) is 0.438. The molecular weight excluding hydrogens is 302 g/mol. The van der Waals surface area contributed by atoms with Gasteiger partial charge in [0.1, 0.15) is 17.3 Å².